The molecule has 0 radical (unpaired) electrons. The molecule has 0 saturated carbocycles. The van der Waals surface area contributed by atoms with Gasteiger partial charge in [-0.2, -0.15) is 0 Å². The highest BCUT2D eigenvalue weighted by atomic mass is 16.6. The van der Waals surface area contributed by atoms with Gasteiger partial charge in [-0.05, 0) is 32.4 Å². The number of rotatable bonds is 2. The second-order valence-corrected chi connectivity index (χ2v) is 5.74. The number of pyridine rings is 1. The first-order chi connectivity index (χ1) is 10.3. The van der Waals surface area contributed by atoms with Crippen LogP contribution in [0.25, 0.3) is 5.65 Å². The Morgan fingerprint density at radius 2 is 2.00 bits per heavy atom. The van der Waals surface area contributed by atoms with Gasteiger partial charge in [-0.1, -0.05) is 6.07 Å². The Hall–Kier alpha value is -2.70. The zero-order valence-corrected chi connectivity index (χ0v) is 12.5. The molecule has 114 valence electrons. The molecule has 3 heterocycles. The first kappa shape index (κ1) is 14.2. The molecule has 0 bridgehead atoms. The summed E-state index contributed by atoms with van der Waals surface area (Å²) in [7, 11) is 0. The average molecular weight is 301 g/mol. The molecule has 2 amide bonds. The van der Waals surface area contributed by atoms with Gasteiger partial charge in [0.15, 0.2) is 5.60 Å². The Labute approximate surface area is 126 Å². The summed E-state index contributed by atoms with van der Waals surface area (Å²) in [4.78, 5) is 41.4. The number of cyclic esters (lactones) is 1. The summed E-state index contributed by atoms with van der Waals surface area (Å²) in [5.41, 5.74) is 0.241. The minimum absolute atomic E-state index is 0.0822. The fourth-order valence-electron chi connectivity index (χ4n) is 2.41. The number of hydrogen-bond acceptors (Lipinski definition) is 5. The number of imide groups is 1. The van der Waals surface area contributed by atoms with E-state index < -0.39 is 17.6 Å². The smallest absolute Gasteiger partial charge is 0.418 e. The zero-order chi connectivity index (χ0) is 16.1. The molecular weight excluding hydrogens is 286 g/mol. The molecule has 0 unspecified atom stereocenters. The highest BCUT2D eigenvalue weighted by molar-refractivity contribution is 6.02. The summed E-state index contributed by atoms with van der Waals surface area (Å²) < 4.78 is 6.44. The van der Waals surface area contributed by atoms with Crippen LogP contribution in [0.4, 0.5) is 4.79 Å². The van der Waals surface area contributed by atoms with Crippen LogP contribution in [0.5, 0.6) is 0 Å². The highest BCUT2D eigenvalue weighted by Gasteiger charge is 2.47. The quantitative estimate of drug-likeness (QED) is 0.834. The first-order valence-corrected chi connectivity index (χ1v) is 6.82. The van der Waals surface area contributed by atoms with Gasteiger partial charge in [0.05, 0.1) is 12.2 Å². The molecule has 7 nitrogen and oxygen atoms in total. The maximum atomic E-state index is 12.1. The van der Waals surface area contributed by atoms with Crippen molar-refractivity contribution < 1.29 is 14.3 Å². The Morgan fingerprint density at radius 3 is 2.64 bits per heavy atom. The Balaban J connectivity index is 2.02. The summed E-state index contributed by atoms with van der Waals surface area (Å²) in [6.45, 7) is 4.81. The minimum atomic E-state index is -1.18. The Bertz CT molecular complexity index is 853. The predicted octanol–water partition coefficient (Wildman–Crippen LogP) is 1.26. The third-order valence-corrected chi connectivity index (χ3v) is 3.58. The minimum Gasteiger partial charge on any atom is -0.433 e. The summed E-state index contributed by atoms with van der Waals surface area (Å²) >= 11 is 0. The van der Waals surface area contributed by atoms with Crippen molar-refractivity contribution in [2.45, 2.75) is 32.9 Å². The second kappa shape index (κ2) is 4.66. The maximum absolute atomic E-state index is 12.1. The van der Waals surface area contributed by atoms with Gasteiger partial charge in [-0.15, -0.1) is 0 Å². The van der Waals surface area contributed by atoms with Crippen molar-refractivity contribution in [3.8, 4) is 0 Å². The molecule has 0 atom stereocenters. The van der Waals surface area contributed by atoms with Crippen LogP contribution in [0.15, 0.2) is 29.2 Å². The van der Waals surface area contributed by atoms with Gasteiger partial charge in [0, 0.05) is 12.3 Å². The number of aromatic nitrogens is 2. The van der Waals surface area contributed by atoms with Gasteiger partial charge in [0.1, 0.15) is 5.65 Å². The number of carbonyl (C=O) groups excluding carboxylic acids is 2. The normalized spacial score (nSPS) is 17.1. The van der Waals surface area contributed by atoms with Crippen LogP contribution in [0.1, 0.15) is 25.1 Å². The van der Waals surface area contributed by atoms with Gasteiger partial charge in [0.2, 0.25) is 0 Å². The van der Waals surface area contributed by atoms with Crippen LogP contribution < -0.4 is 5.56 Å². The SMILES string of the molecule is Cc1cccn2c(=O)cc(CN3C(=O)OC(C)(C)C3=O)nc12. The lowest BCUT2D eigenvalue weighted by molar-refractivity contribution is -0.134. The third-order valence-electron chi connectivity index (χ3n) is 3.58. The molecule has 2 aromatic rings. The van der Waals surface area contributed by atoms with E-state index in [-0.39, 0.29) is 12.1 Å². The molecular formula is C15H15N3O4. The van der Waals surface area contributed by atoms with Crippen LogP contribution in [0.2, 0.25) is 0 Å². The van der Waals surface area contributed by atoms with Gasteiger partial charge in [-0.25, -0.2) is 14.7 Å². The topological polar surface area (TPSA) is 81.0 Å². The number of nitrogens with zero attached hydrogens (tertiary/aromatic N) is 3. The molecule has 1 fully saturated rings. The summed E-state index contributed by atoms with van der Waals surface area (Å²) in [6.07, 6.45) is 0.904. The number of fused-ring (bicyclic) bond motifs is 1. The van der Waals surface area contributed by atoms with E-state index >= 15 is 0 Å². The van der Waals surface area contributed by atoms with Gasteiger partial charge < -0.3 is 4.74 Å². The van der Waals surface area contributed by atoms with Crippen molar-refractivity contribution in [1.82, 2.24) is 14.3 Å². The lowest BCUT2D eigenvalue weighted by Gasteiger charge is -2.14. The van der Waals surface area contributed by atoms with Crippen molar-refractivity contribution >= 4 is 17.6 Å². The van der Waals surface area contributed by atoms with Crippen LogP contribution in [0, 0.1) is 6.92 Å². The predicted molar refractivity (Wildman–Crippen MR) is 77.3 cm³/mol. The fraction of sp³-hybridized carbons (Fsp3) is 0.333. The van der Waals surface area contributed by atoms with E-state index in [1.807, 2.05) is 13.0 Å². The molecule has 0 spiro atoms. The highest BCUT2D eigenvalue weighted by Crippen LogP contribution is 2.24. The van der Waals surface area contributed by atoms with E-state index in [0.29, 0.717) is 11.3 Å². The first-order valence-electron chi connectivity index (χ1n) is 6.82. The standard InChI is InChI=1S/C15H15N3O4/c1-9-5-4-6-17-11(19)7-10(16-12(9)17)8-18-13(20)15(2,3)22-14(18)21/h4-7H,8H2,1-3H3. The Morgan fingerprint density at radius 1 is 1.27 bits per heavy atom. The average Bonchev–Trinajstić information content (AvgIpc) is 2.62. The molecule has 22 heavy (non-hydrogen) atoms. The van der Waals surface area contributed by atoms with E-state index in [1.165, 1.54) is 24.3 Å². The lowest BCUT2D eigenvalue weighted by Crippen LogP contribution is -2.36. The fourth-order valence-corrected chi connectivity index (χ4v) is 2.41. The summed E-state index contributed by atoms with van der Waals surface area (Å²) in [5.74, 6) is -0.440. The van der Waals surface area contributed by atoms with E-state index in [2.05, 4.69) is 4.98 Å². The molecule has 0 N–H and O–H groups in total. The number of carbonyl (C=O) groups is 2. The summed E-state index contributed by atoms with van der Waals surface area (Å²) in [6, 6.07) is 4.91. The van der Waals surface area contributed by atoms with Crippen molar-refractivity contribution in [3.63, 3.8) is 0 Å². The zero-order valence-electron chi connectivity index (χ0n) is 12.5. The molecule has 1 aliphatic rings. The molecule has 2 aromatic heterocycles. The largest absolute Gasteiger partial charge is 0.433 e. The number of amides is 2. The van der Waals surface area contributed by atoms with Crippen LogP contribution in [-0.4, -0.2) is 31.9 Å². The van der Waals surface area contributed by atoms with E-state index in [1.54, 1.807) is 12.3 Å². The maximum Gasteiger partial charge on any atom is 0.418 e. The number of ether oxygens (including phenoxy) is 1. The van der Waals surface area contributed by atoms with Gasteiger partial charge >= 0.3 is 6.09 Å². The third kappa shape index (κ3) is 2.14. The van der Waals surface area contributed by atoms with Crippen LogP contribution in [-0.2, 0) is 16.1 Å². The van der Waals surface area contributed by atoms with Gasteiger partial charge in [0.25, 0.3) is 11.5 Å². The van der Waals surface area contributed by atoms with Crippen molar-refractivity contribution in [2.24, 2.45) is 0 Å². The molecule has 1 saturated heterocycles. The van der Waals surface area contributed by atoms with E-state index in [9.17, 15) is 14.4 Å². The molecule has 1 aliphatic heterocycles. The van der Waals surface area contributed by atoms with Crippen LogP contribution in [0.3, 0.4) is 0 Å². The lowest BCUT2D eigenvalue weighted by atomic mass is 10.1. The van der Waals surface area contributed by atoms with Gasteiger partial charge in [-0.3, -0.25) is 14.0 Å². The van der Waals surface area contributed by atoms with E-state index in [4.69, 9.17) is 4.74 Å². The number of aryl methyl sites for hydroxylation is 1. The molecule has 7 heteroatoms. The second-order valence-electron chi connectivity index (χ2n) is 5.74. The molecule has 0 aliphatic carbocycles. The molecule has 3 rings (SSSR count). The summed E-state index contributed by atoms with van der Waals surface area (Å²) in [5, 5.41) is 0. The Kier molecular flexibility index (Phi) is 3.01. The van der Waals surface area contributed by atoms with Crippen molar-refractivity contribution in [3.05, 3.63) is 46.0 Å². The van der Waals surface area contributed by atoms with Crippen molar-refractivity contribution in [2.75, 3.05) is 0 Å². The molecule has 0 aromatic carbocycles. The van der Waals surface area contributed by atoms with Crippen molar-refractivity contribution in [1.29, 1.82) is 0 Å². The monoisotopic (exact) mass is 301 g/mol. The van der Waals surface area contributed by atoms with E-state index in [0.717, 1.165) is 10.5 Å². The number of hydrogen-bond donors (Lipinski definition) is 0. The van der Waals surface area contributed by atoms with Crippen LogP contribution >= 0.6 is 0 Å².